The first-order valence-electron chi connectivity index (χ1n) is 13.2. The van der Waals surface area contributed by atoms with Crippen molar-refractivity contribution in [3.05, 3.63) is 48.7 Å². The van der Waals surface area contributed by atoms with Crippen LogP contribution in [0.25, 0.3) is 44.7 Å². The molecule has 200 valence electrons. The summed E-state index contributed by atoms with van der Waals surface area (Å²) in [4.78, 5) is 33.7. The first-order chi connectivity index (χ1) is 19.0. The number of pyridine rings is 2. The monoisotopic (exact) mass is 527 g/mol. The molecule has 0 saturated carbocycles. The average Bonchev–Trinajstić information content (AvgIpc) is 3.55. The first kappa shape index (κ1) is 24.9. The minimum absolute atomic E-state index is 0.0849. The molecule has 39 heavy (non-hydrogen) atoms. The zero-order valence-electron chi connectivity index (χ0n) is 22.0. The van der Waals surface area contributed by atoms with E-state index in [-0.39, 0.29) is 5.91 Å². The lowest BCUT2D eigenvalue weighted by molar-refractivity contribution is -0.116. The van der Waals surface area contributed by atoms with E-state index in [1.165, 1.54) is 6.07 Å². The van der Waals surface area contributed by atoms with Gasteiger partial charge in [0, 0.05) is 67.6 Å². The van der Waals surface area contributed by atoms with E-state index in [0.29, 0.717) is 51.3 Å². The number of benzene rings is 1. The fourth-order valence-corrected chi connectivity index (χ4v) is 4.98. The Kier molecular flexibility index (Phi) is 6.65. The maximum absolute atomic E-state index is 15.2. The van der Waals surface area contributed by atoms with Gasteiger partial charge in [-0.2, -0.15) is 5.10 Å². The number of halogens is 1. The van der Waals surface area contributed by atoms with Crippen molar-refractivity contribution < 1.29 is 9.18 Å². The van der Waals surface area contributed by atoms with Crippen molar-refractivity contribution >= 4 is 39.3 Å². The molecule has 5 heterocycles. The molecule has 10 nitrogen and oxygen atoms in total. The molecule has 1 amide bonds. The molecule has 0 radical (unpaired) electrons. The largest absolute Gasteiger partial charge is 0.367 e. The molecule has 5 aromatic rings. The van der Waals surface area contributed by atoms with Gasteiger partial charge in [-0.25, -0.2) is 14.4 Å². The molecule has 1 aliphatic rings. The maximum Gasteiger partial charge on any atom is 0.224 e. The highest BCUT2D eigenvalue weighted by Crippen LogP contribution is 2.34. The molecule has 3 N–H and O–H groups in total. The van der Waals surface area contributed by atoms with Crippen molar-refractivity contribution in [2.24, 2.45) is 0 Å². The number of fused-ring (bicyclic) bond motifs is 2. The van der Waals surface area contributed by atoms with Gasteiger partial charge in [-0.1, -0.05) is 13.3 Å². The number of hydrogen-bond donors (Lipinski definition) is 3. The summed E-state index contributed by atoms with van der Waals surface area (Å²) >= 11 is 0. The van der Waals surface area contributed by atoms with Gasteiger partial charge in [0.1, 0.15) is 17.0 Å². The summed E-state index contributed by atoms with van der Waals surface area (Å²) in [5.41, 5.74) is 5.08. The van der Waals surface area contributed by atoms with Gasteiger partial charge >= 0.3 is 0 Å². The third-order valence-electron chi connectivity index (χ3n) is 7.18. The van der Waals surface area contributed by atoms with Crippen LogP contribution in [0.15, 0.2) is 42.9 Å². The Morgan fingerprint density at radius 2 is 2.00 bits per heavy atom. The Morgan fingerprint density at radius 3 is 2.82 bits per heavy atom. The molecule has 1 saturated heterocycles. The van der Waals surface area contributed by atoms with Crippen LogP contribution in [-0.4, -0.2) is 74.2 Å². The molecule has 1 fully saturated rings. The molecule has 0 unspecified atom stereocenters. The van der Waals surface area contributed by atoms with Crippen molar-refractivity contribution in [2.45, 2.75) is 26.2 Å². The standard InChI is InChI=1S/C28H30FN9O/c1-3-4-5-24(39)32-18-12-17(15-30-16-18)19-13-20-22(14-21(19)29)35-36-25(20)28-33-26-23(6-7-31-27(26)34-28)38-10-8-37(2)9-11-38/h6-7,12-16H,3-5,8-11H2,1-2H3,(H,32,39)(H,35,36)(H,31,33,34). The van der Waals surface area contributed by atoms with E-state index in [1.54, 1.807) is 30.7 Å². The van der Waals surface area contributed by atoms with Crippen molar-refractivity contribution in [1.82, 2.24) is 35.0 Å². The first-order valence-corrected chi connectivity index (χ1v) is 13.2. The lowest BCUT2D eigenvalue weighted by Crippen LogP contribution is -2.44. The van der Waals surface area contributed by atoms with Crippen LogP contribution >= 0.6 is 0 Å². The number of unbranched alkanes of at least 4 members (excludes halogenated alkanes) is 1. The van der Waals surface area contributed by atoms with E-state index in [2.05, 4.69) is 47.3 Å². The van der Waals surface area contributed by atoms with E-state index < -0.39 is 5.82 Å². The number of anilines is 2. The average molecular weight is 528 g/mol. The summed E-state index contributed by atoms with van der Waals surface area (Å²) in [6.45, 7) is 5.85. The Balaban J connectivity index is 1.36. The van der Waals surface area contributed by atoms with Crippen LogP contribution in [0.1, 0.15) is 26.2 Å². The van der Waals surface area contributed by atoms with Gasteiger partial charge in [0.05, 0.1) is 23.1 Å². The molecule has 6 rings (SSSR count). The number of carbonyl (C=O) groups is 1. The van der Waals surface area contributed by atoms with Gasteiger partial charge in [-0.3, -0.25) is 14.9 Å². The Hall–Kier alpha value is -4.38. The second-order valence-corrected chi connectivity index (χ2v) is 9.97. The van der Waals surface area contributed by atoms with Gasteiger partial charge in [0.25, 0.3) is 0 Å². The van der Waals surface area contributed by atoms with Gasteiger partial charge in [-0.15, -0.1) is 0 Å². The van der Waals surface area contributed by atoms with Crippen molar-refractivity contribution in [1.29, 1.82) is 0 Å². The number of carbonyl (C=O) groups excluding carboxylic acids is 1. The lowest BCUT2D eigenvalue weighted by Gasteiger charge is -2.34. The van der Waals surface area contributed by atoms with Crippen LogP contribution in [0, 0.1) is 5.82 Å². The minimum Gasteiger partial charge on any atom is -0.367 e. The third kappa shape index (κ3) is 4.92. The highest BCUT2D eigenvalue weighted by Gasteiger charge is 2.21. The summed E-state index contributed by atoms with van der Waals surface area (Å²) in [5.74, 6) is 0.0498. The van der Waals surface area contributed by atoms with Crippen molar-refractivity contribution in [3.8, 4) is 22.6 Å². The summed E-state index contributed by atoms with van der Waals surface area (Å²) in [5, 5.41) is 11.0. The zero-order valence-corrected chi connectivity index (χ0v) is 22.0. The lowest BCUT2D eigenvalue weighted by atomic mass is 10.0. The Labute approximate surface area is 224 Å². The second-order valence-electron chi connectivity index (χ2n) is 9.97. The van der Waals surface area contributed by atoms with E-state index in [4.69, 9.17) is 4.98 Å². The minimum atomic E-state index is -0.419. The van der Waals surface area contributed by atoms with Gasteiger partial charge < -0.3 is 20.1 Å². The van der Waals surface area contributed by atoms with Crippen LogP contribution in [-0.2, 0) is 4.79 Å². The van der Waals surface area contributed by atoms with E-state index in [0.717, 1.165) is 50.2 Å². The summed E-state index contributed by atoms with van der Waals surface area (Å²) in [6, 6.07) is 6.90. The molecular weight excluding hydrogens is 497 g/mol. The summed E-state index contributed by atoms with van der Waals surface area (Å²) < 4.78 is 15.2. The molecule has 0 bridgehead atoms. The summed E-state index contributed by atoms with van der Waals surface area (Å²) in [6.07, 6.45) is 7.09. The van der Waals surface area contributed by atoms with Gasteiger partial charge in [-0.05, 0) is 31.7 Å². The number of aromatic nitrogens is 6. The fourth-order valence-electron chi connectivity index (χ4n) is 4.98. The number of rotatable bonds is 7. The molecule has 1 aliphatic heterocycles. The Bertz CT molecular complexity index is 1650. The molecule has 0 atom stereocenters. The van der Waals surface area contributed by atoms with Gasteiger partial charge in [0.15, 0.2) is 11.5 Å². The molecule has 4 aromatic heterocycles. The normalized spacial score (nSPS) is 14.4. The third-order valence-corrected chi connectivity index (χ3v) is 7.18. The predicted molar refractivity (Wildman–Crippen MR) is 150 cm³/mol. The molecule has 1 aromatic carbocycles. The smallest absolute Gasteiger partial charge is 0.224 e. The van der Waals surface area contributed by atoms with Crippen molar-refractivity contribution in [3.63, 3.8) is 0 Å². The number of likely N-dealkylation sites (N-methyl/N-ethyl adjacent to an activating group) is 1. The van der Waals surface area contributed by atoms with Crippen LogP contribution in [0.3, 0.4) is 0 Å². The second kappa shape index (κ2) is 10.4. The van der Waals surface area contributed by atoms with E-state index in [1.807, 2.05) is 13.0 Å². The van der Waals surface area contributed by atoms with Crippen LogP contribution in [0.5, 0.6) is 0 Å². The van der Waals surface area contributed by atoms with Crippen LogP contribution in [0.2, 0.25) is 0 Å². The fraction of sp³-hybridized carbons (Fsp3) is 0.321. The molecule has 11 heteroatoms. The molecule has 0 spiro atoms. The van der Waals surface area contributed by atoms with Crippen molar-refractivity contribution in [2.75, 3.05) is 43.4 Å². The quantitative estimate of drug-likeness (QED) is 0.283. The number of hydrogen-bond acceptors (Lipinski definition) is 7. The maximum atomic E-state index is 15.2. The summed E-state index contributed by atoms with van der Waals surface area (Å²) in [7, 11) is 2.13. The number of nitrogens with one attached hydrogen (secondary N) is 3. The number of aromatic amines is 2. The van der Waals surface area contributed by atoms with E-state index in [9.17, 15) is 4.79 Å². The molecule has 0 aliphatic carbocycles. The SMILES string of the molecule is CCCCC(=O)Nc1cncc(-c2cc3c(-c4nc5nccc(N6CCN(C)CC6)c5[nH]4)n[nH]c3cc2F)c1. The number of H-pyrrole nitrogens is 2. The number of nitrogens with zero attached hydrogens (tertiary/aromatic N) is 6. The van der Waals surface area contributed by atoms with Gasteiger partial charge in [0.2, 0.25) is 5.91 Å². The number of imidazole rings is 1. The zero-order chi connectivity index (χ0) is 26.9. The van der Waals surface area contributed by atoms with E-state index >= 15 is 4.39 Å². The topological polar surface area (TPSA) is 119 Å². The van der Waals surface area contributed by atoms with Crippen LogP contribution < -0.4 is 10.2 Å². The molecular formula is C28H30FN9O. The highest BCUT2D eigenvalue weighted by atomic mass is 19.1. The predicted octanol–water partition coefficient (Wildman–Crippen LogP) is 4.58. The Morgan fingerprint density at radius 1 is 1.15 bits per heavy atom. The van der Waals surface area contributed by atoms with Crippen LogP contribution in [0.4, 0.5) is 15.8 Å². The number of piperazine rings is 1. The number of amides is 1. The highest BCUT2D eigenvalue weighted by molar-refractivity contribution is 5.97.